The van der Waals surface area contributed by atoms with Crippen LogP contribution in [0.2, 0.25) is 0 Å². The molecule has 0 heterocycles. The van der Waals surface area contributed by atoms with Crippen LogP contribution >= 0.6 is 58.2 Å². The Labute approximate surface area is 212 Å². The van der Waals surface area contributed by atoms with Gasteiger partial charge in [0.15, 0.2) is 0 Å². The van der Waals surface area contributed by atoms with Crippen molar-refractivity contribution >= 4 is 58.2 Å². The Kier molecular flexibility index (Phi) is 38.4. The molecular formula is C24H56Br3P. The Hall–Kier alpha value is 1.87. The maximum atomic E-state index is 2.35. The first-order chi connectivity index (χ1) is 12.2. The summed E-state index contributed by atoms with van der Waals surface area (Å²) in [4.78, 5) is 0. The van der Waals surface area contributed by atoms with Crippen molar-refractivity contribution in [3.8, 4) is 0 Å². The average Bonchev–Trinajstić information content (AvgIpc) is 2.63. The summed E-state index contributed by atoms with van der Waals surface area (Å²) in [6.07, 6.45) is 30.3. The summed E-state index contributed by atoms with van der Waals surface area (Å²) in [5.74, 6) is 0. The van der Waals surface area contributed by atoms with Gasteiger partial charge < -0.3 is 0 Å². The van der Waals surface area contributed by atoms with Crippen LogP contribution in [0, 0.1) is 0 Å². The first-order valence-electron chi connectivity index (χ1n) is 12.2. The Morgan fingerprint density at radius 1 is 0.321 bits per heavy atom. The Bertz CT molecular complexity index is 209. The molecule has 0 aromatic rings. The molecular weight excluding hydrogens is 559 g/mol. The molecule has 0 aromatic heterocycles. The Balaban J connectivity index is -0.000000960. The van der Waals surface area contributed by atoms with Crippen molar-refractivity contribution in [1.29, 1.82) is 0 Å². The van der Waals surface area contributed by atoms with Gasteiger partial charge in [0.1, 0.15) is 0 Å². The van der Waals surface area contributed by atoms with Crippen LogP contribution in [-0.4, -0.2) is 24.6 Å². The van der Waals surface area contributed by atoms with Crippen molar-refractivity contribution < 1.29 is 0 Å². The first kappa shape index (κ1) is 37.2. The van der Waals surface area contributed by atoms with Crippen molar-refractivity contribution in [2.75, 3.05) is 24.6 Å². The molecule has 4 heteroatoms. The van der Waals surface area contributed by atoms with E-state index in [9.17, 15) is 0 Å². The van der Waals surface area contributed by atoms with E-state index in [1.165, 1.54) is 77.0 Å². The Morgan fingerprint density at radius 2 is 0.536 bits per heavy atom. The van der Waals surface area contributed by atoms with E-state index in [1.807, 2.05) is 0 Å². The van der Waals surface area contributed by atoms with Crippen LogP contribution in [0.4, 0.5) is 0 Å². The molecule has 0 radical (unpaired) electrons. The molecule has 0 nitrogen and oxygen atoms in total. The van der Waals surface area contributed by atoms with Gasteiger partial charge in [-0.25, -0.2) is 0 Å². The fourth-order valence-electron chi connectivity index (χ4n) is 4.46. The zero-order valence-electron chi connectivity index (χ0n) is 19.9. The normalized spacial score (nSPS) is 11.3. The van der Waals surface area contributed by atoms with E-state index in [1.54, 1.807) is 50.3 Å². The molecule has 28 heavy (non-hydrogen) atoms. The first-order valence-corrected chi connectivity index (χ1v) is 15.1. The zero-order valence-corrected chi connectivity index (χ0v) is 26.0. The van der Waals surface area contributed by atoms with Crippen LogP contribution in [0.3, 0.4) is 0 Å². The predicted octanol–water partition coefficient (Wildman–Crippen LogP) is 10.8. The van der Waals surface area contributed by atoms with E-state index in [4.69, 9.17) is 0 Å². The molecule has 0 saturated carbocycles. The van der Waals surface area contributed by atoms with Gasteiger partial charge in [-0.3, -0.25) is 0 Å². The van der Waals surface area contributed by atoms with Gasteiger partial charge in [-0.05, 0) is 0 Å². The van der Waals surface area contributed by atoms with E-state index in [-0.39, 0.29) is 50.9 Å². The summed E-state index contributed by atoms with van der Waals surface area (Å²) in [6.45, 7) is 9.41. The van der Waals surface area contributed by atoms with E-state index >= 15 is 0 Å². The number of rotatable bonds is 20. The maximum absolute atomic E-state index is 2.35. The summed E-state index contributed by atoms with van der Waals surface area (Å²) in [5, 5.41) is 0. The number of hydrogen-bond donors (Lipinski definition) is 0. The van der Waals surface area contributed by atoms with Crippen molar-refractivity contribution in [2.24, 2.45) is 0 Å². The van der Waals surface area contributed by atoms with Crippen LogP contribution < -0.4 is 0 Å². The quantitative estimate of drug-likeness (QED) is 0.0945. The van der Waals surface area contributed by atoms with Crippen molar-refractivity contribution in [1.82, 2.24) is 0 Å². The minimum atomic E-state index is -0.995. The van der Waals surface area contributed by atoms with Gasteiger partial charge >= 0.3 is 162 Å². The number of hydrogen-bond acceptors (Lipinski definition) is 0. The third-order valence-electron chi connectivity index (χ3n) is 6.24. The molecule has 0 bridgehead atoms. The van der Waals surface area contributed by atoms with Crippen LogP contribution in [0.25, 0.3) is 0 Å². The van der Waals surface area contributed by atoms with Gasteiger partial charge in [0.05, 0.1) is 0 Å². The van der Waals surface area contributed by atoms with E-state index in [2.05, 4.69) is 27.7 Å². The van der Waals surface area contributed by atoms with Gasteiger partial charge in [-0.1, -0.05) is 0 Å². The second kappa shape index (κ2) is 28.9. The molecule has 0 rings (SSSR count). The van der Waals surface area contributed by atoms with Crippen molar-refractivity contribution in [3.63, 3.8) is 0 Å². The molecule has 178 valence electrons. The van der Waals surface area contributed by atoms with Crippen LogP contribution in [0.5, 0.6) is 0 Å². The summed E-state index contributed by atoms with van der Waals surface area (Å²) in [5.41, 5.74) is 0. The molecule has 0 fully saturated rings. The molecule has 0 saturated heterocycles. The summed E-state index contributed by atoms with van der Waals surface area (Å²) in [7, 11) is -0.995. The summed E-state index contributed by atoms with van der Waals surface area (Å²) >= 11 is 0. The van der Waals surface area contributed by atoms with Gasteiger partial charge in [-0.2, -0.15) is 0 Å². The van der Waals surface area contributed by atoms with E-state index in [0.29, 0.717) is 0 Å². The fraction of sp³-hybridized carbons (Fsp3) is 1.00. The van der Waals surface area contributed by atoms with Gasteiger partial charge in [0, 0.05) is 0 Å². The van der Waals surface area contributed by atoms with Crippen molar-refractivity contribution in [2.45, 2.75) is 130 Å². The number of halogens is 3. The molecule has 0 N–H and O–H groups in total. The average molecular weight is 615 g/mol. The molecule has 0 aliphatic rings. The van der Waals surface area contributed by atoms with Crippen LogP contribution in [0.15, 0.2) is 0 Å². The summed E-state index contributed by atoms with van der Waals surface area (Å²) < 4.78 is 0. The second-order valence-corrected chi connectivity index (χ2v) is 13.7. The van der Waals surface area contributed by atoms with Crippen LogP contribution in [0.1, 0.15) is 130 Å². The predicted molar refractivity (Wildman–Crippen MR) is 155 cm³/mol. The molecule has 0 aliphatic heterocycles. The topological polar surface area (TPSA) is 0 Å². The van der Waals surface area contributed by atoms with Gasteiger partial charge in [0.2, 0.25) is 0 Å². The fourth-order valence-corrected chi connectivity index (χ4v) is 9.96. The second-order valence-electron chi connectivity index (χ2n) is 8.74. The Morgan fingerprint density at radius 3 is 0.714 bits per heavy atom. The molecule has 0 spiro atoms. The third-order valence-corrected chi connectivity index (χ3v) is 11.9. The van der Waals surface area contributed by atoms with E-state index in [0.717, 1.165) is 0 Å². The number of unbranched alkanes of at least 4 members (excludes halogenated alkanes) is 12. The molecule has 0 unspecified atom stereocenters. The molecule has 0 amide bonds. The van der Waals surface area contributed by atoms with Gasteiger partial charge in [-0.15, -0.1) is 50.9 Å². The SMILES string of the molecule is Br.Br.Br.CCCCCC[PH](CCCCCC)(CCCCCC)CCCCCC. The molecule has 0 aliphatic carbocycles. The van der Waals surface area contributed by atoms with Gasteiger partial charge in [0.25, 0.3) is 0 Å². The standard InChI is InChI=1S/C24H53P.3BrH/c1-5-9-13-17-21-25(22-18-14-10-6-2,23-19-15-11-7-3)24-20-16-12-8-4;;;/h25H,5-24H2,1-4H3;3*1H. The zero-order chi connectivity index (χ0) is 18.6. The third kappa shape index (κ3) is 22.6. The van der Waals surface area contributed by atoms with E-state index < -0.39 is 7.26 Å². The van der Waals surface area contributed by atoms with Crippen molar-refractivity contribution in [3.05, 3.63) is 0 Å². The monoisotopic (exact) mass is 612 g/mol. The van der Waals surface area contributed by atoms with Crippen LogP contribution in [-0.2, 0) is 0 Å². The minimum absolute atomic E-state index is 0. The molecule has 0 aromatic carbocycles. The summed E-state index contributed by atoms with van der Waals surface area (Å²) in [6, 6.07) is 0. The molecule has 0 atom stereocenters.